The molecule has 1 aliphatic rings. The van der Waals surface area contributed by atoms with Crippen LogP contribution in [0.5, 0.6) is 5.75 Å². The van der Waals surface area contributed by atoms with Gasteiger partial charge in [-0.15, -0.1) is 0 Å². The Kier molecular flexibility index (Phi) is 4.13. The molecule has 0 aliphatic heterocycles. The molecule has 0 amide bonds. The van der Waals surface area contributed by atoms with Gasteiger partial charge in [-0.2, -0.15) is 11.8 Å². The minimum Gasteiger partial charge on any atom is -0.493 e. The lowest BCUT2D eigenvalue weighted by molar-refractivity contribution is 0.180. The van der Waals surface area contributed by atoms with Crippen molar-refractivity contribution in [2.24, 2.45) is 0 Å². The van der Waals surface area contributed by atoms with Crippen LogP contribution in [0.4, 0.5) is 0 Å². The van der Waals surface area contributed by atoms with Crippen LogP contribution in [0.25, 0.3) is 0 Å². The second-order valence-electron chi connectivity index (χ2n) is 3.96. The first-order chi connectivity index (χ1) is 7.81. The topological polar surface area (TPSA) is 29.5 Å². The second-order valence-corrected chi connectivity index (χ2v) is 5.35. The molecule has 0 aromatic heterocycles. The van der Waals surface area contributed by atoms with Gasteiger partial charge in [-0.3, -0.25) is 0 Å². The number of aryl methyl sites for hydroxylation is 1. The molecule has 1 aromatic carbocycles. The zero-order valence-electron chi connectivity index (χ0n) is 9.61. The molecular weight excluding hydrogens is 220 g/mol. The van der Waals surface area contributed by atoms with Gasteiger partial charge in [-0.25, -0.2) is 0 Å². The van der Waals surface area contributed by atoms with E-state index >= 15 is 0 Å². The van der Waals surface area contributed by atoms with Gasteiger partial charge in [-0.05, 0) is 41.9 Å². The summed E-state index contributed by atoms with van der Waals surface area (Å²) in [4.78, 5) is 0. The fourth-order valence-electron chi connectivity index (χ4n) is 2.02. The van der Waals surface area contributed by atoms with Crippen LogP contribution in [-0.2, 0) is 6.42 Å². The lowest BCUT2D eigenvalue weighted by atomic mass is 10.1. The highest BCUT2D eigenvalue weighted by molar-refractivity contribution is 7.99. The molecule has 16 heavy (non-hydrogen) atoms. The Morgan fingerprint density at radius 2 is 2.38 bits per heavy atom. The minimum absolute atomic E-state index is 0.264. The van der Waals surface area contributed by atoms with E-state index in [-0.39, 0.29) is 6.10 Å². The van der Waals surface area contributed by atoms with Crippen LogP contribution < -0.4 is 4.74 Å². The Hall–Kier alpha value is -0.670. The van der Waals surface area contributed by atoms with E-state index in [1.165, 1.54) is 5.56 Å². The van der Waals surface area contributed by atoms with E-state index in [0.29, 0.717) is 0 Å². The molecule has 0 saturated carbocycles. The predicted octanol–water partition coefficient (Wildman–Crippen LogP) is 2.80. The van der Waals surface area contributed by atoms with Gasteiger partial charge in [-0.1, -0.05) is 13.0 Å². The molecule has 1 atom stereocenters. The molecule has 0 unspecified atom stereocenters. The molecule has 0 fully saturated rings. The number of aliphatic hydroxyl groups is 1. The number of rotatable bonds is 5. The summed E-state index contributed by atoms with van der Waals surface area (Å²) in [6, 6.07) is 6.03. The number of fused-ring (bicyclic) bond motifs is 1. The van der Waals surface area contributed by atoms with Crippen molar-refractivity contribution in [3.05, 3.63) is 29.3 Å². The summed E-state index contributed by atoms with van der Waals surface area (Å²) >= 11 is 1.89. The Morgan fingerprint density at radius 3 is 3.19 bits per heavy atom. The first kappa shape index (κ1) is 11.8. The second kappa shape index (κ2) is 5.60. The van der Waals surface area contributed by atoms with Gasteiger partial charge < -0.3 is 9.84 Å². The maximum Gasteiger partial charge on any atom is 0.119 e. The summed E-state index contributed by atoms with van der Waals surface area (Å²) in [5.41, 5.74) is 2.32. The van der Waals surface area contributed by atoms with Gasteiger partial charge >= 0.3 is 0 Å². The highest BCUT2D eigenvalue weighted by atomic mass is 32.2. The van der Waals surface area contributed by atoms with Gasteiger partial charge in [0.25, 0.3) is 0 Å². The van der Waals surface area contributed by atoms with Gasteiger partial charge in [0.1, 0.15) is 5.75 Å². The van der Waals surface area contributed by atoms with E-state index in [1.54, 1.807) is 0 Å². The summed E-state index contributed by atoms with van der Waals surface area (Å²) in [7, 11) is 0. The summed E-state index contributed by atoms with van der Waals surface area (Å²) in [5.74, 6) is 3.11. The van der Waals surface area contributed by atoms with Gasteiger partial charge in [0.15, 0.2) is 0 Å². The Morgan fingerprint density at radius 1 is 1.50 bits per heavy atom. The highest BCUT2D eigenvalue weighted by Crippen LogP contribution is 2.33. The molecule has 0 bridgehead atoms. The standard InChI is InChI=1S/C13H18O2S/c1-2-16-8-7-15-11-4-5-12-10(9-11)3-6-13(12)14/h4-5,9,13-14H,2-3,6-8H2,1H3/t13-/m1/s1. The van der Waals surface area contributed by atoms with Crippen LogP contribution in [0.1, 0.15) is 30.6 Å². The monoisotopic (exact) mass is 238 g/mol. The third kappa shape index (κ3) is 2.71. The number of aliphatic hydroxyl groups excluding tert-OH is 1. The van der Waals surface area contributed by atoms with Crippen LogP contribution in [0.15, 0.2) is 18.2 Å². The highest BCUT2D eigenvalue weighted by Gasteiger charge is 2.20. The molecule has 88 valence electrons. The zero-order valence-corrected chi connectivity index (χ0v) is 10.4. The molecule has 3 heteroatoms. The number of thioether (sulfide) groups is 1. The van der Waals surface area contributed by atoms with Crippen molar-refractivity contribution in [2.45, 2.75) is 25.9 Å². The largest absolute Gasteiger partial charge is 0.493 e. The van der Waals surface area contributed by atoms with Crippen LogP contribution >= 0.6 is 11.8 Å². The number of benzene rings is 1. The van der Waals surface area contributed by atoms with Crippen molar-refractivity contribution < 1.29 is 9.84 Å². The van der Waals surface area contributed by atoms with E-state index in [2.05, 4.69) is 13.0 Å². The average molecular weight is 238 g/mol. The Labute approximate surface area is 101 Å². The van der Waals surface area contributed by atoms with E-state index in [1.807, 2.05) is 23.9 Å². The SMILES string of the molecule is CCSCCOc1ccc2c(c1)CC[C@H]2O. The molecule has 2 rings (SSSR count). The normalized spacial score (nSPS) is 18.5. The van der Waals surface area contributed by atoms with Crippen LogP contribution in [-0.4, -0.2) is 23.2 Å². The molecule has 0 heterocycles. The summed E-state index contributed by atoms with van der Waals surface area (Å²) < 4.78 is 5.67. The maximum absolute atomic E-state index is 9.67. The predicted molar refractivity (Wildman–Crippen MR) is 68.2 cm³/mol. The molecular formula is C13H18O2S. The van der Waals surface area contributed by atoms with Crippen molar-refractivity contribution in [1.29, 1.82) is 0 Å². The number of hydrogen-bond acceptors (Lipinski definition) is 3. The van der Waals surface area contributed by atoms with E-state index < -0.39 is 0 Å². The first-order valence-electron chi connectivity index (χ1n) is 5.82. The number of ether oxygens (including phenoxy) is 1. The van der Waals surface area contributed by atoms with Crippen molar-refractivity contribution in [1.82, 2.24) is 0 Å². The zero-order chi connectivity index (χ0) is 11.4. The third-order valence-electron chi connectivity index (χ3n) is 2.86. The van der Waals surface area contributed by atoms with E-state index in [0.717, 1.165) is 42.3 Å². The smallest absolute Gasteiger partial charge is 0.119 e. The van der Waals surface area contributed by atoms with Crippen LogP contribution in [0.3, 0.4) is 0 Å². The number of hydrogen-bond donors (Lipinski definition) is 1. The minimum atomic E-state index is -0.264. The molecule has 0 radical (unpaired) electrons. The van der Waals surface area contributed by atoms with Gasteiger partial charge in [0, 0.05) is 5.75 Å². The van der Waals surface area contributed by atoms with Gasteiger partial charge in [0.05, 0.1) is 12.7 Å². The molecule has 2 nitrogen and oxygen atoms in total. The third-order valence-corrected chi connectivity index (χ3v) is 3.72. The van der Waals surface area contributed by atoms with Crippen molar-refractivity contribution in [3.8, 4) is 5.75 Å². The van der Waals surface area contributed by atoms with E-state index in [9.17, 15) is 5.11 Å². The van der Waals surface area contributed by atoms with Crippen LogP contribution in [0, 0.1) is 0 Å². The Balaban J connectivity index is 1.92. The average Bonchev–Trinajstić information content (AvgIpc) is 2.66. The van der Waals surface area contributed by atoms with Crippen LogP contribution in [0.2, 0.25) is 0 Å². The lowest BCUT2D eigenvalue weighted by Crippen LogP contribution is -2.01. The molecule has 1 aromatic rings. The maximum atomic E-state index is 9.67. The summed E-state index contributed by atoms with van der Waals surface area (Å²) in [6.07, 6.45) is 1.56. The van der Waals surface area contributed by atoms with Crippen molar-refractivity contribution >= 4 is 11.8 Å². The molecule has 1 N–H and O–H groups in total. The fourth-order valence-corrected chi connectivity index (χ4v) is 2.51. The molecule has 0 spiro atoms. The van der Waals surface area contributed by atoms with Crippen molar-refractivity contribution in [3.63, 3.8) is 0 Å². The van der Waals surface area contributed by atoms with Crippen molar-refractivity contribution in [2.75, 3.05) is 18.1 Å². The summed E-state index contributed by atoms with van der Waals surface area (Å²) in [5, 5.41) is 9.67. The molecule has 0 saturated heterocycles. The summed E-state index contributed by atoms with van der Waals surface area (Å²) in [6.45, 7) is 2.92. The van der Waals surface area contributed by atoms with E-state index in [4.69, 9.17) is 4.74 Å². The quantitative estimate of drug-likeness (QED) is 0.800. The molecule has 1 aliphatic carbocycles. The van der Waals surface area contributed by atoms with Gasteiger partial charge in [0.2, 0.25) is 0 Å². The lowest BCUT2D eigenvalue weighted by Gasteiger charge is -2.08. The Bertz CT molecular complexity index is 352. The first-order valence-corrected chi connectivity index (χ1v) is 6.98. The fraction of sp³-hybridized carbons (Fsp3) is 0.538.